The van der Waals surface area contributed by atoms with E-state index in [-0.39, 0.29) is 5.91 Å². The molecule has 0 fully saturated rings. The number of amides is 1. The Hall–Kier alpha value is -1.75. The lowest BCUT2D eigenvalue weighted by atomic mass is 10.1. The zero-order valence-electron chi connectivity index (χ0n) is 13.6. The van der Waals surface area contributed by atoms with Crippen LogP contribution in [0.2, 0.25) is 0 Å². The highest BCUT2D eigenvalue weighted by atomic mass is 79.9. The Balaban J connectivity index is 2.37. The molecule has 118 valence electrons. The predicted octanol–water partition coefficient (Wildman–Crippen LogP) is 4.59. The lowest BCUT2D eigenvalue weighted by molar-refractivity contribution is 0.102. The topological polar surface area (TPSA) is 60.0 Å². The molecule has 1 amide bonds. The Morgan fingerprint density at radius 2 is 1.86 bits per heavy atom. The molecule has 2 rings (SSSR count). The van der Waals surface area contributed by atoms with E-state index in [1.54, 1.807) is 0 Å². The van der Waals surface area contributed by atoms with Gasteiger partial charge >= 0.3 is 0 Å². The van der Waals surface area contributed by atoms with Crippen molar-refractivity contribution in [3.8, 4) is 0 Å². The summed E-state index contributed by atoms with van der Waals surface area (Å²) >= 11 is 3.43. The molecule has 0 saturated heterocycles. The van der Waals surface area contributed by atoms with Crippen LogP contribution < -0.4 is 11.1 Å². The first-order valence-electron chi connectivity index (χ1n) is 7.27. The van der Waals surface area contributed by atoms with E-state index in [1.165, 1.54) is 0 Å². The number of nitrogens with two attached hydrogens (primary N) is 1. The second-order valence-corrected chi connectivity index (χ2v) is 6.80. The molecule has 0 radical (unpaired) electrons. The molecule has 0 unspecified atom stereocenters. The van der Waals surface area contributed by atoms with Crippen molar-refractivity contribution < 1.29 is 4.79 Å². The molecule has 0 aliphatic heterocycles. The molecule has 0 atom stereocenters. The molecule has 0 spiro atoms. The fraction of sp³-hybridized carbons (Fsp3) is 0.353. The summed E-state index contributed by atoms with van der Waals surface area (Å²) < 4.78 is 3.05. The number of benzene rings is 1. The number of nitrogen functional groups attached to an aromatic ring is 1. The largest absolute Gasteiger partial charge is 0.397 e. The first kappa shape index (κ1) is 16.6. The van der Waals surface area contributed by atoms with E-state index < -0.39 is 0 Å². The molecule has 0 aliphatic carbocycles. The molecule has 1 heterocycles. The van der Waals surface area contributed by atoms with Crippen molar-refractivity contribution in [3.05, 3.63) is 45.2 Å². The summed E-state index contributed by atoms with van der Waals surface area (Å²) in [6.45, 7) is 10.1. The highest BCUT2D eigenvalue weighted by molar-refractivity contribution is 9.10. The van der Waals surface area contributed by atoms with Gasteiger partial charge in [-0.05, 0) is 58.4 Å². The van der Waals surface area contributed by atoms with Crippen molar-refractivity contribution in [1.29, 1.82) is 0 Å². The molecule has 4 nitrogen and oxygen atoms in total. The monoisotopic (exact) mass is 363 g/mol. The van der Waals surface area contributed by atoms with Gasteiger partial charge in [-0.25, -0.2) is 0 Å². The van der Waals surface area contributed by atoms with Gasteiger partial charge in [-0.15, -0.1) is 0 Å². The molecular formula is C17H22BrN3O. The van der Waals surface area contributed by atoms with Gasteiger partial charge in [0.15, 0.2) is 0 Å². The molecule has 1 aromatic carbocycles. The summed E-state index contributed by atoms with van der Waals surface area (Å²) in [5.74, 6) is -0.135. The maximum Gasteiger partial charge on any atom is 0.257 e. The Labute approximate surface area is 139 Å². The van der Waals surface area contributed by atoms with Gasteiger partial charge in [0.2, 0.25) is 0 Å². The first-order chi connectivity index (χ1) is 10.2. The van der Waals surface area contributed by atoms with Crippen LogP contribution in [0.15, 0.2) is 22.7 Å². The van der Waals surface area contributed by atoms with E-state index in [4.69, 9.17) is 5.73 Å². The number of rotatable bonds is 3. The van der Waals surface area contributed by atoms with Crippen molar-refractivity contribution in [2.75, 3.05) is 11.1 Å². The number of nitrogens with one attached hydrogen (secondary N) is 1. The third kappa shape index (κ3) is 3.04. The summed E-state index contributed by atoms with van der Waals surface area (Å²) in [5.41, 5.74) is 10.9. The number of halogens is 1. The number of hydrogen-bond acceptors (Lipinski definition) is 2. The molecule has 0 aliphatic rings. The van der Waals surface area contributed by atoms with Crippen LogP contribution in [0.25, 0.3) is 0 Å². The highest BCUT2D eigenvalue weighted by Gasteiger charge is 2.18. The Morgan fingerprint density at radius 1 is 1.23 bits per heavy atom. The minimum atomic E-state index is -0.135. The lowest BCUT2D eigenvalue weighted by Gasteiger charge is -2.14. The first-order valence-corrected chi connectivity index (χ1v) is 8.07. The van der Waals surface area contributed by atoms with E-state index in [9.17, 15) is 4.79 Å². The van der Waals surface area contributed by atoms with Crippen molar-refractivity contribution in [2.45, 2.75) is 40.7 Å². The van der Waals surface area contributed by atoms with Crippen LogP contribution in [0.1, 0.15) is 47.2 Å². The number of anilines is 2. The van der Waals surface area contributed by atoms with E-state index in [0.29, 0.717) is 23.0 Å². The van der Waals surface area contributed by atoms with Crippen molar-refractivity contribution in [3.63, 3.8) is 0 Å². The van der Waals surface area contributed by atoms with Crippen molar-refractivity contribution in [1.82, 2.24) is 4.57 Å². The Kier molecular flexibility index (Phi) is 4.66. The molecule has 1 aromatic heterocycles. The van der Waals surface area contributed by atoms with Crippen LogP contribution in [-0.4, -0.2) is 10.5 Å². The molecule has 0 saturated carbocycles. The second-order valence-electron chi connectivity index (χ2n) is 5.89. The predicted molar refractivity (Wildman–Crippen MR) is 95.5 cm³/mol. The SMILES string of the molecule is Cc1cc(Br)cc(NC(=O)c2cc(C)n(C(C)C)c2C)c1N. The summed E-state index contributed by atoms with van der Waals surface area (Å²) in [7, 11) is 0. The number of hydrogen-bond donors (Lipinski definition) is 2. The van der Waals surface area contributed by atoms with E-state index >= 15 is 0 Å². The smallest absolute Gasteiger partial charge is 0.257 e. The molecule has 5 heteroatoms. The second kappa shape index (κ2) is 6.16. The maximum absolute atomic E-state index is 12.6. The number of aryl methyl sites for hydroxylation is 2. The third-order valence-corrected chi connectivity index (χ3v) is 4.30. The van der Waals surface area contributed by atoms with Crippen LogP contribution in [0.3, 0.4) is 0 Å². The average molecular weight is 364 g/mol. The fourth-order valence-corrected chi connectivity index (χ4v) is 3.42. The number of aromatic nitrogens is 1. The van der Waals surface area contributed by atoms with Gasteiger partial charge in [-0.2, -0.15) is 0 Å². The summed E-state index contributed by atoms with van der Waals surface area (Å²) in [6.07, 6.45) is 0. The fourth-order valence-electron chi connectivity index (χ4n) is 2.85. The van der Waals surface area contributed by atoms with Crippen LogP contribution in [-0.2, 0) is 0 Å². The van der Waals surface area contributed by atoms with Gasteiger partial charge in [-0.3, -0.25) is 4.79 Å². The van der Waals surface area contributed by atoms with Crippen LogP contribution >= 0.6 is 15.9 Å². The third-order valence-electron chi connectivity index (χ3n) is 3.85. The summed E-state index contributed by atoms with van der Waals surface area (Å²) in [6, 6.07) is 5.99. The maximum atomic E-state index is 12.6. The quantitative estimate of drug-likeness (QED) is 0.783. The van der Waals surface area contributed by atoms with E-state index in [1.807, 2.05) is 39.0 Å². The lowest BCUT2D eigenvalue weighted by Crippen LogP contribution is -2.15. The van der Waals surface area contributed by atoms with E-state index in [2.05, 4.69) is 39.7 Å². The Morgan fingerprint density at radius 3 is 2.41 bits per heavy atom. The molecule has 2 aromatic rings. The summed E-state index contributed by atoms with van der Waals surface area (Å²) in [4.78, 5) is 12.6. The van der Waals surface area contributed by atoms with Crippen molar-refractivity contribution in [2.24, 2.45) is 0 Å². The summed E-state index contributed by atoms with van der Waals surface area (Å²) in [5, 5.41) is 2.92. The zero-order chi connectivity index (χ0) is 16.6. The molecule has 0 bridgehead atoms. The van der Waals surface area contributed by atoms with E-state index in [0.717, 1.165) is 21.4 Å². The van der Waals surface area contributed by atoms with Crippen molar-refractivity contribution >= 4 is 33.2 Å². The normalized spacial score (nSPS) is 11.0. The molecule has 22 heavy (non-hydrogen) atoms. The number of carbonyl (C=O) groups is 1. The molecular weight excluding hydrogens is 342 g/mol. The minimum Gasteiger partial charge on any atom is -0.397 e. The van der Waals surface area contributed by atoms with Gasteiger partial charge in [0.05, 0.1) is 16.9 Å². The average Bonchev–Trinajstić information content (AvgIpc) is 2.70. The zero-order valence-corrected chi connectivity index (χ0v) is 15.2. The highest BCUT2D eigenvalue weighted by Crippen LogP contribution is 2.29. The number of carbonyl (C=O) groups excluding carboxylic acids is 1. The standard InChI is InChI=1S/C17H22BrN3O/c1-9(2)21-11(4)7-14(12(21)5)17(22)20-15-8-13(18)6-10(3)16(15)19/h6-9H,19H2,1-5H3,(H,20,22). The van der Waals surface area contributed by atoms with Crippen LogP contribution in [0, 0.1) is 20.8 Å². The van der Waals surface area contributed by atoms with Gasteiger partial charge in [0.25, 0.3) is 5.91 Å². The Bertz CT molecular complexity index is 732. The van der Waals surface area contributed by atoms with Gasteiger partial charge in [-0.1, -0.05) is 15.9 Å². The van der Waals surface area contributed by atoms with Gasteiger partial charge < -0.3 is 15.6 Å². The molecule has 3 N–H and O–H groups in total. The van der Waals surface area contributed by atoms with Gasteiger partial charge in [0, 0.05) is 21.9 Å². The van der Waals surface area contributed by atoms with Crippen LogP contribution in [0.5, 0.6) is 0 Å². The number of nitrogens with zero attached hydrogens (tertiary/aromatic N) is 1. The minimum absolute atomic E-state index is 0.135. The van der Waals surface area contributed by atoms with Crippen LogP contribution in [0.4, 0.5) is 11.4 Å². The van der Waals surface area contributed by atoms with Gasteiger partial charge in [0.1, 0.15) is 0 Å².